The molecule has 0 saturated carbocycles. The second-order valence-corrected chi connectivity index (χ2v) is 4.91. The van der Waals surface area contributed by atoms with E-state index in [2.05, 4.69) is 32.9 Å². The molecule has 0 radical (unpaired) electrons. The SMILES string of the molecule is O=C(Nc1cccnc1C(=O)O)c1cccc(I)c1. The Balaban J connectivity index is 2.27. The van der Waals surface area contributed by atoms with Crippen molar-refractivity contribution in [2.45, 2.75) is 0 Å². The van der Waals surface area contributed by atoms with E-state index < -0.39 is 5.97 Å². The zero-order chi connectivity index (χ0) is 13.8. The van der Waals surface area contributed by atoms with Crippen molar-refractivity contribution >= 4 is 40.2 Å². The number of nitrogens with one attached hydrogen (secondary N) is 1. The van der Waals surface area contributed by atoms with Crippen LogP contribution in [0.5, 0.6) is 0 Å². The highest BCUT2D eigenvalue weighted by atomic mass is 127. The number of aromatic carboxylic acids is 1. The highest BCUT2D eigenvalue weighted by Crippen LogP contribution is 2.15. The predicted molar refractivity (Wildman–Crippen MR) is 78.3 cm³/mol. The van der Waals surface area contributed by atoms with Crippen LogP contribution in [-0.2, 0) is 0 Å². The third-order valence-corrected chi connectivity index (χ3v) is 3.02. The first kappa shape index (κ1) is 13.5. The van der Waals surface area contributed by atoms with E-state index in [1.165, 1.54) is 12.3 Å². The summed E-state index contributed by atoms with van der Waals surface area (Å²) in [4.78, 5) is 26.7. The number of anilines is 1. The number of amides is 1. The quantitative estimate of drug-likeness (QED) is 0.817. The summed E-state index contributed by atoms with van der Waals surface area (Å²) < 4.78 is 0.926. The number of pyridine rings is 1. The lowest BCUT2D eigenvalue weighted by molar-refractivity contribution is 0.0692. The third kappa shape index (κ3) is 3.28. The molecular weight excluding hydrogens is 359 g/mol. The van der Waals surface area contributed by atoms with Crippen molar-refractivity contribution in [2.75, 3.05) is 5.32 Å². The van der Waals surface area contributed by atoms with Gasteiger partial charge in [-0.25, -0.2) is 9.78 Å². The highest BCUT2D eigenvalue weighted by Gasteiger charge is 2.14. The Morgan fingerprint density at radius 2 is 2.00 bits per heavy atom. The number of carbonyl (C=O) groups is 2. The van der Waals surface area contributed by atoms with Gasteiger partial charge in [0.05, 0.1) is 5.69 Å². The first-order chi connectivity index (χ1) is 9.08. The largest absolute Gasteiger partial charge is 0.476 e. The fraction of sp³-hybridized carbons (Fsp3) is 0. The van der Waals surface area contributed by atoms with E-state index in [0.29, 0.717) is 5.56 Å². The van der Waals surface area contributed by atoms with Crippen molar-refractivity contribution in [3.05, 3.63) is 57.4 Å². The number of halogens is 1. The molecule has 0 spiro atoms. The minimum atomic E-state index is -1.18. The first-order valence-electron chi connectivity index (χ1n) is 5.33. The Labute approximate surface area is 122 Å². The van der Waals surface area contributed by atoms with Gasteiger partial charge in [-0.05, 0) is 52.9 Å². The number of aromatic nitrogens is 1. The fourth-order valence-electron chi connectivity index (χ4n) is 1.50. The van der Waals surface area contributed by atoms with E-state index in [9.17, 15) is 9.59 Å². The number of hydrogen-bond donors (Lipinski definition) is 2. The van der Waals surface area contributed by atoms with Gasteiger partial charge < -0.3 is 10.4 Å². The van der Waals surface area contributed by atoms with Crippen LogP contribution in [0.2, 0.25) is 0 Å². The van der Waals surface area contributed by atoms with Crippen molar-refractivity contribution in [2.24, 2.45) is 0 Å². The molecule has 5 nitrogen and oxygen atoms in total. The van der Waals surface area contributed by atoms with Crippen LogP contribution in [0.1, 0.15) is 20.8 Å². The number of carbonyl (C=O) groups excluding carboxylic acids is 1. The number of nitrogens with zero attached hydrogens (tertiary/aromatic N) is 1. The van der Waals surface area contributed by atoms with Gasteiger partial charge in [0.25, 0.3) is 5.91 Å². The molecule has 2 N–H and O–H groups in total. The average Bonchev–Trinajstić information content (AvgIpc) is 2.39. The van der Waals surface area contributed by atoms with Crippen LogP contribution in [0, 0.1) is 3.57 Å². The molecule has 1 aromatic carbocycles. The molecule has 96 valence electrons. The molecule has 0 unspecified atom stereocenters. The maximum absolute atomic E-state index is 12.0. The highest BCUT2D eigenvalue weighted by molar-refractivity contribution is 14.1. The van der Waals surface area contributed by atoms with Gasteiger partial charge in [0.15, 0.2) is 5.69 Å². The van der Waals surface area contributed by atoms with Crippen LogP contribution < -0.4 is 5.32 Å². The Morgan fingerprint density at radius 1 is 1.21 bits per heavy atom. The predicted octanol–water partition coefficient (Wildman–Crippen LogP) is 2.64. The molecule has 1 aromatic heterocycles. The molecule has 0 aliphatic rings. The van der Waals surface area contributed by atoms with Crippen LogP contribution in [0.15, 0.2) is 42.6 Å². The average molecular weight is 368 g/mol. The number of benzene rings is 1. The maximum atomic E-state index is 12.0. The number of hydrogen-bond acceptors (Lipinski definition) is 3. The molecule has 2 rings (SSSR count). The topological polar surface area (TPSA) is 79.3 Å². The van der Waals surface area contributed by atoms with E-state index in [1.54, 1.807) is 24.3 Å². The van der Waals surface area contributed by atoms with Gasteiger partial charge in [-0.15, -0.1) is 0 Å². The molecule has 2 aromatic rings. The van der Waals surface area contributed by atoms with Gasteiger partial charge in [0, 0.05) is 15.3 Å². The third-order valence-electron chi connectivity index (χ3n) is 2.35. The minimum absolute atomic E-state index is 0.179. The van der Waals surface area contributed by atoms with Crippen molar-refractivity contribution in [1.82, 2.24) is 4.98 Å². The van der Waals surface area contributed by atoms with E-state index in [1.807, 2.05) is 6.07 Å². The monoisotopic (exact) mass is 368 g/mol. The van der Waals surface area contributed by atoms with Gasteiger partial charge in [-0.1, -0.05) is 6.07 Å². The van der Waals surface area contributed by atoms with Gasteiger partial charge in [-0.2, -0.15) is 0 Å². The van der Waals surface area contributed by atoms with Gasteiger partial charge >= 0.3 is 5.97 Å². The summed E-state index contributed by atoms with van der Waals surface area (Å²) in [6, 6.07) is 10.1. The summed E-state index contributed by atoms with van der Waals surface area (Å²) in [7, 11) is 0. The Bertz CT molecular complexity index is 643. The van der Waals surface area contributed by atoms with E-state index in [-0.39, 0.29) is 17.3 Å². The second-order valence-electron chi connectivity index (χ2n) is 3.67. The van der Waals surface area contributed by atoms with Crippen LogP contribution in [0.3, 0.4) is 0 Å². The normalized spacial score (nSPS) is 9.95. The smallest absolute Gasteiger partial charge is 0.356 e. The fourth-order valence-corrected chi connectivity index (χ4v) is 2.04. The van der Waals surface area contributed by atoms with Crippen molar-refractivity contribution in [3.63, 3.8) is 0 Å². The van der Waals surface area contributed by atoms with Crippen molar-refractivity contribution in [3.8, 4) is 0 Å². The maximum Gasteiger partial charge on any atom is 0.356 e. The van der Waals surface area contributed by atoms with Crippen LogP contribution >= 0.6 is 22.6 Å². The zero-order valence-electron chi connectivity index (χ0n) is 9.63. The van der Waals surface area contributed by atoms with E-state index in [4.69, 9.17) is 5.11 Å². The van der Waals surface area contributed by atoms with Crippen LogP contribution in [0.4, 0.5) is 5.69 Å². The molecular formula is C13H9IN2O3. The van der Waals surface area contributed by atoms with Gasteiger partial charge in [0.1, 0.15) is 0 Å². The molecule has 1 heterocycles. The standard InChI is InChI=1S/C13H9IN2O3/c14-9-4-1-3-8(7-9)12(17)16-10-5-2-6-15-11(10)13(18)19/h1-7H,(H,16,17)(H,18,19). The number of rotatable bonds is 3. The molecule has 6 heteroatoms. The Hall–Kier alpha value is -1.96. The van der Waals surface area contributed by atoms with Crippen molar-refractivity contribution < 1.29 is 14.7 Å². The summed E-state index contributed by atoms with van der Waals surface area (Å²) >= 11 is 2.10. The number of carboxylic acids is 1. The molecule has 0 fully saturated rings. The molecule has 0 bridgehead atoms. The first-order valence-corrected chi connectivity index (χ1v) is 6.41. The second kappa shape index (κ2) is 5.79. The molecule has 1 amide bonds. The summed E-state index contributed by atoms with van der Waals surface area (Å²) in [6.45, 7) is 0. The minimum Gasteiger partial charge on any atom is -0.476 e. The summed E-state index contributed by atoms with van der Waals surface area (Å²) in [5, 5.41) is 11.5. The Morgan fingerprint density at radius 3 is 2.68 bits per heavy atom. The van der Waals surface area contributed by atoms with Gasteiger partial charge in [0.2, 0.25) is 0 Å². The van der Waals surface area contributed by atoms with E-state index >= 15 is 0 Å². The van der Waals surface area contributed by atoms with Crippen molar-refractivity contribution in [1.29, 1.82) is 0 Å². The zero-order valence-corrected chi connectivity index (χ0v) is 11.8. The van der Waals surface area contributed by atoms with Crippen LogP contribution in [-0.4, -0.2) is 22.0 Å². The lowest BCUT2D eigenvalue weighted by Crippen LogP contribution is -2.15. The molecule has 19 heavy (non-hydrogen) atoms. The summed E-state index contributed by atoms with van der Waals surface area (Å²) in [5.41, 5.74) is 0.465. The lowest BCUT2D eigenvalue weighted by atomic mass is 10.2. The summed E-state index contributed by atoms with van der Waals surface area (Å²) in [6.07, 6.45) is 1.37. The van der Waals surface area contributed by atoms with E-state index in [0.717, 1.165) is 3.57 Å². The molecule has 0 atom stereocenters. The lowest BCUT2D eigenvalue weighted by Gasteiger charge is -2.07. The Kier molecular flexibility index (Phi) is 4.10. The van der Waals surface area contributed by atoms with Gasteiger partial charge in [-0.3, -0.25) is 4.79 Å². The molecule has 0 aliphatic carbocycles. The van der Waals surface area contributed by atoms with Crippen LogP contribution in [0.25, 0.3) is 0 Å². The number of carboxylic acid groups (broad SMARTS) is 1. The molecule has 0 saturated heterocycles. The summed E-state index contributed by atoms with van der Waals surface area (Å²) in [5.74, 6) is -1.55. The molecule has 0 aliphatic heterocycles.